The van der Waals surface area contributed by atoms with Crippen molar-refractivity contribution < 1.29 is 28.3 Å². The summed E-state index contributed by atoms with van der Waals surface area (Å²) in [5.41, 5.74) is 0. The average Bonchev–Trinajstić information content (AvgIpc) is 2.72. The van der Waals surface area contributed by atoms with Gasteiger partial charge in [0, 0.05) is 13.8 Å². The van der Waals surface area contributed by atoms with Gasteiger partial charge in [-0.1, -0.05) is 20.8 Å². The van der Waals surface area contributed by atoms with Crippen LogP contribution in [0.4, 0.5) is 0 Å². The monoisotopic (exact) mass is 359 g/mol. The maximum atomic E-state index is 11.7. The van der Waals surface area contributed by atoms with Gasteiger partial charge in [0.2, 0.25) is 5.91 Å². The molecule has 3 atom stereocenters. The minimum atomic E-state index is -2.19. The van der Waals surface area contributed by atoms with Crippen LogP contribution in [0.1, 0.15) is 41.0 Å². The highest BCUT2D eigenvalue weighted by Crippen LogP contribution is 2.38. The fourth-order valence-electron chi connectivity index (χ4n) is 2.26. The van der Waals surface area contributed by atoms with Gasteiger partial charge in [-0.15, -0.1) is 0 Å². The van der Waals surface area contributed by atoms with E-state index in [4.69, 9.17) is 13.9 Å². The van der Waals surface area contributed by atoms with Crippen molar-refractivity contribution in [1.29, 1.82) is 0 Å². The maximum absolute atomic E-state index is 11.7. The second kappa shape index (κ2) is 7.65. The zero-order valence-electron chi connectivity index (χ0n) is 15.6. The Morgan fingerprint density at radius 1 is 1.33 bits per heavy atom. The smallest absolute Gasteiger partial charge is 0.308 e. The fourth-order valence-corrected chi connectivity index (χ4v) is 3.57. The summed E-state index contributed by atoms with van der Waals surface area (Å²) in [5, 5.41) is 2.66. The number of carbonyl (C=O) groups is 3. The highest BCUT2D eigenvalue weighted by Gasteiger charge is 2.46. The number of hydrogen-bond acceptors (Lipinski definition) is 6. The van der Waals surface area contributed by atoms with Crippen molar-refractivity contribution in [2.24, 2.45) is 0 Å². The Hall–Kier alpha value is -1.41. The van der Waals surface area contributed by atoms with Crippen molar-refractivity contribution in [3.05, 3.63) is 0 Å². The minimum Gasteiger partial charge on any atom is -0.463 e. The van der Waals surface area contributed by atoms with Gasteiger partial charge in [0.15, 0.2) is 14.4 Å². The Morgan fingerprint density at radius 2 is 1.92 bits per heavy atom. The summed E-state index contributed by atoms with van der Waals surface area (Å²) in [6, 6.07) is -0.486. The lowest BCUT2D eigenvalue weighted by atomic mass is 10.1. The van der Waals surface area contributed by atoms with Crippen LogP contribution in [0.25, 0.3) is 0 Å². The number of hydrogen-bond donors (Lipinski definition) is 1. The van der Waals surface area contributed by atoms with E-state index >= 15 is 0 Å². The number of rotatable bonds is 6. The lowest BCUT2D eigenvalue weighted by molar-refractivity contribution is -0.152. The minimum absolute atomic E-state index is 0.0180. The van der Waals surface area contributed by atoms with Gasteiger partial charge in [-0.3, -0.25) is 14.4 Å². The standard InChI is InChI=1S/C16H29NO6Si/c1-10(18)17-12-8-14(20)22-15(12)13(9-21-11(2)19)23-24(6,7)16(3,4)5/h12-13,15H,8-9H2,1-7H3,(H,17,18)/t12-,13+,15+/m0/s1. The summed E-state index contributed by atoms with van der Waals surface area (Å²) in [4.78, 5) is 34.3. The van der Waals surface area contributed by atoms with Crippen LogP contribution in [-0.2, 0) is 28.3 Å². The van der Waals surface area contributed by atoms with E-state index in [2.05, 4.69) is 39.2 Å². The molecule has 1 aliphatic rings. The quantitative estimate of drug-likeness (QED) is 0.574. The van der Waals surface area contributed by atoms with E-state index in [1.165, 1.54) is 13.8 Å². The Balaban J connectivity index is 3.01. The molecular weight excluding hydrogens is 330 g/mol. The third-order valence-electron chi connectivity index (χ3n) is 4.51. The predicted molar refractivity (Wildman–Crippen MR) is 90.8 cm³/mol. The molecule has 0 aromatic rings. The Morgan fingerprint density at radius 3 is 2.38 bits per heavy atom. The third kappa shape index (κ3) is 5.59. The molecule has 0 unspecified atom stereocenters. The van der Waals surface area contributed by atoms with E-state index in [9.17, 15) is 14.4 Å². The zero-order chi connectivity index (χ0) is 18.7. The van der Waals surface area contributed by atoms with E-state index in [0.717, 1.165) is 0 Å². The number of carbonyl (C=O) groups excluding carboxylic acids is 3. The molecule has 1 aliphatic heterocycles. The van der Waals surface area contributed by atoms with E-state index in [-0.39, 0.29) is 24.0 Å². The van der Waals surface area contributed by atoms with Crippen molar-refractivity contribution in [1.82, 2.24) is 5.32 Å². The van der Waals surface area contributed by atoms with Crippen LogP contribution >= 0.6 is 0 Å². The van der Waals surface area contributed by atoms with Gasteiger partial charge in [0.25, 0.3) is 0 Å². The molecule has 24 heavy (non-hydrogen) atoms. The van der Waals surface area contributed by atoms with E-state index in [0.29, 0.717) is 0 Å². The molecule has 1 N–H and O–H groups in total. The summed E-state index contributed by atoms with van der Waals surface area (Å²) in [7, 11) is -2.19. The SMILES string of the molecule is CC(=O)N[C@H]1CC(=O)O[C@H]1[C@@H](COC(C)=O)O[Si](C)(C)C(C)(C)C. The first-order chi connectivity index (χ1) is 10.8. The van der Waals surface area contributed by atoms with E-state index < -0.39 is 38.5 Å². The predicted octanol–water partition coefficient (Wildman–Crippen LogP) is 1.76. The van der Waals surface area contributed by atoms with Crippen LogP contribution in [0.15, 0.2) is 0 Å². The van der Waals surface area contributed by atoms with Crippen LogP contribution in [0.2, 0.25) is 18.1 Å². The van der Waals surface area contributed by atoms with Gasteiger partial charge in [0.05, 0.1) is 12.5 Å². The topological polar surface area (TPSA) is 90.9 Å². The molecule has 7 nitrogen and oxygen atoms in total. The molecule has 0 aromatic heterocycles. The van der Waals surface area contributed by atoms with Crippen LogP contribution < -0.4 is 5.32 Å². The molecule has 138 valence electrons. The molecule has 1 fully saturated rings. The first kappa shape index (κ1) is 20.6. The Labute approximate surface area is 144 Å². The van der Waals surface area contributed by atoms with Gasteiger partial charge < -0.3 is 19.2 Å². The van der Waals surface area contributed by atoms with Crippen molar-refractivity contribution in [3.63, 3.8) is 0 Å². The normalized spacial score (nSPS) is 22.7. The molecule has 1 heterocycles. The summed E-state index contributed by atoms with van der Waals surface area (Å²) in [5.74, 6) is -1.08. The second-order valence-electron chi connectivity index (χ2n) is 7.68. The van der Waals surface area contributed by atoms with Gasteiger partial charge in [-0.25, -0.2) is 0 Å². The lowest BCUT2D eigenvalue weighted by Crippen LogP contribution is -2.53. The molecule has 0 aromatic carbocycles. The van der Waals surface area contributed by atoms with Gasteiger partial charge in [-0.05, 0) is 18.1 Å². The fraction of sp³-hybridized carbons (Fsp3) is 0.812. The molecule has 0 radical (unpaired) electrons. The van der Waals surface area contributed by atoms with E-state index in [1.54, 1.807) is 0 Å². The zero-order valence-corrected chi connectivity index (χ0v) is 16.6. The van der Waals surface area contributed by atoms with Crippen LogP contribution in [0.5, 0.6) is 0 Å². The van der Waals surface area contributed by atoms with Crippen molar-refractivity contribution >= 4 is 26.2 Å². The molecule has 0 bridgehead atoms. The highest BCUT2D eigenvalue weighted by atomic mass is 28.4. The Kier molecular flexibility index (Phi) is 6.57. The summed E-state index contributed by atoms with van der Waals surface area (Å²) in [6.07, 6.45) is -1.20. The summed E-state index contributed by atoms with van der Waals surface area (Å²) >= 11 is 0. The highest BCUT2D eigenvalue weighted by molar-refractivity contribution is 6.74. The average molecular weight is 359 g/mol. The molecular formula is C16H29NO6Si. The van der Waals surface area contributed by atoms with Crippen molar-refractivity contribution in [2.45, 2.75) is 77.4 Å². The van der Waals surface area contributed by atoms with Gasteiger partial charge >= 0.3 is 11.9 Å². The van der Waals surface area contributed by atoms with E-state index in [1.807, 2.05) is 0 Å². The largest absolute Gasteiger partial charge is 0.463 e. The first-order valence-corrected chi connectivity index (χ1v) is 11.0. The number of amides is 1. The lowest BCUT2D eigenvalue weighted by Gasteiger charge is -2.40. The van der Waals surface area contributed by atoms with Gasteiger partial charge in [0.1, 0.15) is 12.7 Å². The van der Waals surface area contributed by atoms with Crippen molar-refractivity contribution in [3.8, 4) is 0 Å². The van der Waals surface area contributed by atoms with Crippen LogP contribution in [0, 0.1) is 0 Å². The second-order valence-corrected chi connectivity index (χ2v) is 12.4. The van der Waals surface area contributed by atoms with Crippen LogP contribution in [0.3, 0.4) is 0 Å². The molecule has 1 saturated heterocycles. The summed E-state index contributed by atoms with van der Waals surface area (Å²) < 4.78 is 16.8. The number of ether oxygens (including phenoxy) is 2. The molecule has 0 saturated carbocycles. The molecule has 1 amide bonds. The van der Waals surface area contributed by atoms with Crippen LogP contribution in [-0.4, -0.2) is 51.0 Å². The maximum Gasteiger partial charge on any atom is 0.308 e. The first-order valence-electron chi connectivity index (χ1n) is 8.11. The molecule has 0 spiro atoms. The molecule has 8 heteroatoms. The number of esters is 2. The third-order valence-corrected chi connectivity index (χ3v) is 9.01. The van der Waals surface area contributed by atoms with Crippen molar-refractivity contribution in [2.75, 3.05) is 6.61 Å². The Bertz CT molecular complexity index is 499. The molecule has 1 rings (SSSR count). The molecule has 0 aliphatic carbocycles. The number of cyclic esters (lactones) is 1. The summed E-state index contributed by atoms with van der Waals surface area (Å²) in [6.45, 7) is 13.1. The van der Waals surface area contributed by atoms with Gasteiger partial charge in [-0.2, -0.15) is 0 Å². The number of nitrogens with one attached hydrogen (secondary N) is 1.